The molecule has 0 unspecified atom stereocenters. The fourth-order valence-electron chi connectivity index (χ4n) is 1.67. The number of hydrogen-bond acceptors (Lipinski definition) is 3. The van der Waals surface area contributed by atoms with Crippen molar-refractivity contribution in [1.82, 2.24) is 10.2 Å². The quantitative estimate of drug-likeness (QED) is 0.814. The molecular weight excluding hydrogens is 334 g/mol. The molecule has 0 saturated heterocycles. The van der Waals surface area contributed by atoms with Crippen LogP contribution in [-0.4, -0.2) is 35.8 Å². The summed E-state index contributed by atoms with van der Waals surface area (Å²) in [6.07, 6.45) is 0.253. The van der Waals surface area contributed by atoms with E-state index in [1.54, 1.807) is 25.8 Å². The van der Waals surface area contributed by atoms with Crippen molar-refractivity contribution in [3.8, 4) is 0 Å². The first-order chi connectivity index (χ1) is 9.71. The third kappa shape index (κ3) is 5.85. The molecule has 1 rings (SSSR count). The molecular formula is C15H22BrN3O2. The Kier molecular flexibility index (Phi) is 6.36. The van der Waals surface area contributed by atoms with Crippen LogP contribution in [0.1, 0.15) is 25.8 Å². The Balaban J connectivity index is 2.42. The molecule has 0 aliphatic rings. The molecule has 0 saturated carbocycles. The van der Waals surface area contributed by atoms with Gasteiger partial charge in [-0.05, 0) is 25.5 Å². The largest absolute Gasteiger partial charge is 0.354 e. The summed E-state index contributed by atoms with van der Waals surface area (Å²) >= 11 is 3.46. The third-order valence-electron chi connectivity index (χ3n) is 3.00. The van der Waals surface area contributed by atoms with Gasteiger partial charge in [0.05, 0.1) is 5.54 Å². The van der Waals surface area contributed by atoms with Crippen molar-refractivity contribution >= 4 is 27.7 Å². The van der Waals surface area contributed by atoms with Crippen molar-refractivity contribution in [3.05, 3.63) is 34.3 Å². The minimum atomic E-state index is -0.927. The fraction of sp³-hybridized carbons (Fsp3) is 0.467. The fourth-order valence-corrected chi connectivity index (χ4v) is 2.08. The Bertz CT molecular complexity index is 512. The van der Waals surface area contributed by atoms with E-state index in [0.29, 0.717) is 13.1 Å². The van der Waals surface area contributed by atoms with E-state index in [-0.39, 0.29) is 18.2 Å². The van der Waals surface area contributed by atoms with Crippen molar-refractivity contribution in [1.29, 1.82) is 0 Å². The zero-order chi connectivity index (χ0) is 16.0. The van der Waals surface area contributed by atoms with Crippen LogP contribution in [-0.2, 0) is 16.1 Å². The first kappa shape index (κ1) is 17.7. The average molecular weight is 356 g/mol. The van der Waals surface area contributed by atoms with E-state index in [1.807, 2.05) is 24.3 Å². The molecule has 1 aromatic rings. The highest BCUT2D eigenvalue weighted by molar-refractivity contribution is 9.10. The number of carbonyl (C=O) groups excluding carboxylic acids is 2. The Labute approximate surface area is 134 Å². The minimum Gasteiger partial charge on any atom is -0.354 e. The number of benzene rings is 1. The molecule has 0 radical (unpaired) electrons. The average Bonchev–Trinajstić information content (AvgIpc) is 2.39. The maximum Gasteiger partial charge on any atom is 0.239 e. The van der Waals surface area contributed by atoms with Gasteiger partial charge in [-0.2, -0.15) is 0 Å². The highest BCUT2D eigenvalue weighted by atomic mass is 79.9. The number of amides is 2. The topological polar surface area (TPSA) is 75.4 Å². The van der Waals surface area contributed by atoms with Gasteiger partial charge in [-0.25, -0.2) is 0 Å². The summed E-state index contributed by atoms with van der Waals surface area (Å²) in [7, 11) is 1.75. The minimum absolute atomic E-state index is 0.0270. The van der Waals surface area contributed by atoms with Crippen molar-refractivity contribution in [2.45, 2.75) is 32.4 Å². The van der Waals surface area contributed by atoms with Crippen LogP contribution in [0.4, 0.5) is 0 Å². The van der Waals surface area contributed by atoms with Gasteiger partial charge in [0.2, 0.25) is 11.8 Å². The maximum atomic E-state index is 12.0. The van der Waals surface area contributed by atoms with Crippen LogP contribution in [0.25, 0.3) is 0 Å². The Morgan fingerprint density at radius 3 is 2.52 bits per heavy atom. The van der Waals surface area contributed by atoms with Gasteiger partial charge in [0, 0.05) is 31.0 Å². The number of rotatable bonds is 6. The lowest BCUT2D eigenvalue weighted by atomic mass is 10.1. The van der Waals surface area contributed by atoms with E-state index in [2.05, 4.69) is 21.2 Å². The summed E-state index contributed by atoms with van der Waals surface area (Å²) in [5.74, 6) is -0.287. The molecule has 0 aliphatic carbocycles. The molecule has 0 heterocycles. The van der Waals surface area contributed by atoms with Crippen LogP contribution in [0.3, 0.4) is 0 Å². The zero-order valence-electron chi connectivity index (χ0n) is 12.6. The van der Waals surface area contributed by atoms with Crippen molar-refractivity contribution < 1.29 is 9.59 Å². The van der Waals surface area contributed by atoms with Gasteiger partial charge in [0.25, 0.3) is 0 Å². The molecule has 116 valence electrons. The van der Waals surface area contributed by atoms with E-state index in [0.717, 1.165) is 10.0 Å². The molecule has 0 aliphatic heterocycles. The summed E-state index contributed by atoms with van der Waals surface area (Å²) in [5, 5.41) is 2.66. The number of hydrogen-bond donors (Lipinski definition) is 2. The standard InChI is InChI=1S/C15H22BrN3O2/c1-15(2,17)14(21)18-9-8-13(20)19(3)10-11-6-4-5-7-12(11)16/h4-7H,8-10,17H2,1-3H3,(H,18,21). The van der Waals surface area contributed by atoms with E-state index in [4.69, 9.17) is 5.73 Å². The van der Waals surface area contributed by atoms with Gasteiger partial charge in [-0.3, -0.25) is 9.59 Å². The molecule has 0 bridgehead atoms. The SMILES string of the molecule is CN(Cc1ccccc1Br)C(=O)CCNC(=O)C(C)(C)N. The summed E-state index contributed by atoms with van der Waals surface area (Å²) < 4.78 is 0.975. The molecule has 0 atom stereocenters. The number of nitrogens with two attached hydrogens (primary N) is 1. The van der Waals surface area contributed by atoms with Gasteiger partial charge in [-0.1, -0.05) is 34.1 Å². The van der Waals surface area contributed by atoms with Crippen molar-refractivity contribution in [2.75, 3.05) is 13.6 Å². The Morgan fingerprint density at radius 2 is 1.95 bits per heavy atom. The van der Waals surface area contributed by atoms with Crippen molar-refractivity contribution in [2.24, 2.45) is 5.73 Å². The van der Waals surface area contributed by atoms with E-state index < -0.39 is 5.54 Å². The summed E-state index contributed by atoms with van der Waals surface area (Å²) in [6.45, 7) is 4.07. The highest BCUT2D eigenvalue weighted by Crippen LogP contribution is 2.17. The molecule has 0 aromatic heterocycles. The van der Waals surface area contributed by atoms with E-state index in [9.17, 15) is 9.59 Å². The van der Waals surface area contributed by atoms with Crippen LogP contribution < -0.4 is 11.1 Å². The predicted molar refractivity (Wildman–Crippen MR) is 86.5 cm³/mol. The van der Waals surface area contributed by atoms with Gasteiger partial charge < -0.3 is 16.0 Å². The molecule has 5 nitrogen and oxygen atoms in total. The molecule has 3 N–H and O–H groups in total. The Hall–Kier alpha value is -1.40. The number of halogens is 1. The lowest BCUT2D eigenvalue weighted by molar-refractivity contribution is -0.130. The van der Waals surface area contributed by atoms with Gasteiger partial charge in [-0.15, -0.1) is 0 Å². The number of nitrogens with zero attached hydrogens (tertiary/aromatic N) is 1. The lowest BCUT2D eigenvalue weighted by Gasteiger charge is -2.20. The van der Waals surface area contributed by atoms with Gasteiger partial charge in [0.15, 0.2) is 0 Å². The molecule has 1 aromatic carbocycles. The van der Waals surface area contributed by atoms with Crippen LogP contribution in [0.15, 0.2) is 28.7 Å². The highest BCUT2D eigenvalue weighted by Gasteiger charge is 2.21. The van der Waals surface area contributed by atoms with E-state index in [1.165, 1.54) is 0 Å². The zero-order valence-corrected chi connectivity index (χ0v) is 14.2. The van der Waals surface area contributed by atoms with Crippen LogP contribution in [0.5, 0.6) is 0 Å². The summed E-state index contributed by atoms with van der Waals surface area (Å²) in [4.78, 5) is 25.2. The van der Waals surface area contributed by atoms with E-state index >= 15 is 0 Å². The number of nitrogens with one attached hydrogen (secondary N) is 1. The van der Waals surface area contributed by atoms with Gasteiger partial charge >= 0.3 is 0 Å². The van der Waals surface area contributed by atoms with Crippen molar-refractivity contribution in [3.63, 3.8) is 0 Å². The molecule has 6 heteroatoms. The summed E-state index contributed by atoms with van der Waals surface area (Å²) in [5.41, 5.74) is 5.78. The third-order valence-corrected chi connectivity index (χ3v) is 3.77. The first-order valence-electron chi connectivity index (χ1n) is 6.76. The summed E-state index contributed by atoms with van der Waals surface area (Å²) in [6, 6.07) is 7.77. The second kappa shape index (κ2) is 7.56. The van der Waals surface area contributed by atoms with Crippen LogP contribution in [0, 0.1) is 0 Å². The second-order valence-electron chi connectivity index (χ2n) is 5.57. The van der Waals surface area contributed by atoms with Crippen LogP contribution >= 0.6 is 15.9 Å². The normalized spacial score (nSPS) is 11.1. The first-order valence-corrected chi connectivity index (χ1v) is 7.55. The predicted octanol–water partition coefficient (Wildman–Crippen LogP) is 1.65. The van der Waals surface area contributed by atoms with Crippen LogP contribution in [0.2, 0.25) is 0 Å². The maximum absolute atomic E-state index is 12.0. The smallest absolute Gasteiger partial charge is 0.239 e. The second-order valence-corrected chi connectivity index (χ2v) is 6.42. The lowest BCUT2D eigenvalue weighted by Crippen LogP contribution is -2.49. The molecule has 2 amide bonds. The Morgan fingerprint density at radius 1 is 1.33 bits per heavy atom. The molecule has 0 spiro atoms. The molecule has 0 fully saturated rings. The molecule has 21 heavy (non-hydrogen) atoms. The monoisotopic (exact) mass is 355 g/mol. The van der Waals surface area contributed by atoms with Gasteiger partial charge in [0.1, 0.15) is 0 Å². The number of carbonyl (C=O) groups is 2.